The number of hydrogen-bond donors (Lipinski definition) is 1. The lowest BCUT2D eigenvalue weighted by molar-refractivity contribution is 0.0595. The van der Waals surface area contributed by atoms with E-state index in [0.717, 1.165) is 19.3 Å². The van der Waals surface area contributed by atoms with Crippen LogP contribution in [0.15, 0.2) is 18.3 Å². The number of sulfonamides is 1. The number of methoxy groups -OCH3 is 1. The third kappa shape index (κ3) is 7.45. The molecule has 6 nitrogen and oxygen atoms in total. The summed E-state index contributed by atoms with van der Waals surface area (Å²) in [6.45, 7) is 2.17. The smallest absolute Gasteiger partial charge is 0.358 e. The quantitative estimate of drug-likeness (QED) is 0.492. The molecule has 1 N–H and O–H groups in total. The van der Waals surface area contributed by atoms with E-state index in [2.05, 4.69) is 21.4 Å². The fraction of sp³-hybridized carbons (Fsp3) is 0.625. The number of pyridine rings is 1. The molecule has 0 atom stereocenters. The van der Waals surface area contributed by atoms with Gasteiger partial charge in [0, 0.05) is 6.20 Å². The van der Waals surface area contributed by atoms with Gasteiger partial charge >= 0.3 is 5.97 Å². The average molecular weight is 342 g/mol. The monoisotopic (exact) mass is 342 g/mol. The van der Waals surface area contributed by atoms with Crippen LogP contribution in [-0.2, 0) is 14.8 Å². The highest BCUT2D eigenvalue weighted by Gasteiger charge is 2.17. The van der Waals surface area contributed by atoms with E-state index in [0.29, 0.717) is 6.42 Å². The summed E-state index contributed by atoms with van der Waals surface area (Å²) in [7, 11) is -2.26. The number of ether oxygens (including phenoxy) is 1. The van der Waals surface area contributed by atoms with Crippen molar-refractivity contribution in [1.82, 2.24) is 4.98 Å². The molecule has 0 unspecified atom stereocenters. The van der Waals surface area contributed by atoms with Crippen molar-refractivity contribution < 1.29 is 17.9 Å². The number of esters is 1. The molecule has 0 radical (unpaired) electrons. The van der Waals surface area contributed by atoms with Crippen molar-refractivity contribution in [2.75, 3.05) is 17.6 Å². The van der Waals surface area contributed by atoms with Crippen LogP contribution in [0.2, 0.25) is 0 Å². The van der Waals surface area contributed by atoms with E-state index in [9.17, 15) is 13.2 Å². The van der Waals surface area contributed by atoms with Crippen LogP contribution in [0.5, 0.6) is 0 Å². The zero-order chi connectivity index (χ0) is 17.1. The number of aromatic nitrogens is 1. The minimum atomic E-state index is -3.49. The molecule has 1 heterocycles. The predicted octanol–water partition coefficient (Wildman–Crippen LogP) is 3.36. The van der Waals surface area contributed by atoms with E-state index in [4.69, 9.17) is 0 Å². The van der Waals surface area contributed by atoms with Gasteiger partial charge in [-0.25, -0.2) is 18.2 Å². The Labute approximate surface area is 138 Å². The first-order chi connectivity index (χ1) is 11.0. The van der Waals surface area contributed by atoms with Crippen LogP contribution in [0, 0.1) is 0 Å². The zero-order valence-corrected chi connectivity index (χ0v) is 14.7. The number of carbonyl (C=O) groups is 1. The van der Waals surface area contributed by atoms with Gasteiger partial charge in [-0.3, -0.25) is 4.72 Å². The Morgan fingerprint density at radius 1 is 1.17 bits per heavy atom. The fourth-order valence-corrected chi connectivity index (χ4v) is 3.40. The van der Waals surface area contributed by atoms with Crippen LogP contribution in [0.25, 0.3) is 0 Å². The Morgan fingerprint density at radius 2 is 1.83 bits per heavy atom. The first kappa shape index (κ1) is 19.4. The maximum absolute atomic E-state index is 12.1. The average Bonchev–Trinajstić information content (AvgIpc) is 2.53. The van der Waals surface area contributed by atoms with Crippen LogP contribution in [0.1, 0.15) is 62.4 Å². The van der Waals surface area contributed by atoms with Crippen LogP contribution in [0.3, 0.4) is 0 Å². The molecular weight excluding hydrogens is 316 g/mol. The van der Waals surface area contributed by atoms with Crippen LogP contribution < -0.4 is 4.72 Å². The summed E-state index contributed by atoms with van der Waals surface area (Å²) in [4.78, 5) is 15.5. The third-order valence-corrected chi connectivity index (χ3v) is 4.83. The molecule has 0 aliphatic carbocycles. The molecule has 23 heavy (non-hydrogen) atoms. The lowest BCUT2D eigenvalue weighted by Crippen LogP contribution is -2.19. The summed E-state index contributed by atoms with van der Waals surface area (Å²) in [5.74, 6) is -0.629. The van der Waals surface area contributed by atoms with Gasteiger partial charge < -0.3 is 4.74 Å². The second-order valence-corrected chi connectivity index (χ2v) is 7.28. The van der Waals surface area contributed by atoms with Crippen LogP contribution >= 0.6 is 0 Å². The van der Waals surface area contributed by atoms with Gasteiger partial charge in [0.25, 0.3) is 0 Å². The minimum absolute atomic E-state index is 0.0295. The third-order valence-electron chi connectivity index (χ3n) is 3.47. The van der Waals surface area contributed by atoms with Crippen molar-refractivity contribution in [3.05, 3.63) is 24.0 Å². The van der Waals surface area contributed by atoms with Gasteiger partial charge in [0.2, 0.25) is 10.0 Å². The largest absolute Gasteiger partial charge is 0.464 e. The fourth-order valence-electron chi connectivity index (χ4n) is 2.21. The topological polar surface area (TPSA) is 85.4 Å². The van der Waals surface area contributed by atoms with E-state index in [1.165, 1.54) is 38.6 Å². The van der Waals surface area contributed by atoms with Gasteiger partial charge in [0.05, 0.1) is 18.6 Å². The van der Waals surface area contributed by atoms with Gasteiger partial charge in [-0.1, -0.05) is 45.4 Å². The number of nitrogens with one attached hydrogen (secondary N) is 1. The molecule has 0 saturated heterocycles. The molecule has 0 fully saturated rings. The number of rotatable bonds is 11. The summed E-state index contributed by atoms with van der Waals surface area (Å²) in [6, 6.07) is 3.07. The Hall–Kier alpha value is -1.63. The molecule has 7 heteroatoms. The first-order valence-corrected chi connectivity index (χ1v) is 9.69. The molecule has 0 aliphatic rings. The molecule has 0 amide bonds. The molecule has 130 valence electrons. The molecule has 1 rings (SSSR count). The molecule has 0 bridgehead atoms. The highest BCUT2D eigenvalue weighted by atomic mass is 32.2. The number of hydrogen-bond acceptors (Lipinski definition) is 5. The molecule has 1 aromatic heterocycles. The standard InChI is InChI=1S/C16H26N2O4S/c1-3-4-5-6-7-8-9-13-23(20,21)18-14-11-10-12-17-15(14)16(19)22-2/h10-12,18H,3-9,13H2,1-2H3. The summed E-state index contributed by atoms with van der Waals surface area (Å²) >= 11 is 0. The number of carbonyl (C=O) groups excluding carboxylic acids is 1. The lowest BCUT2D eigenvalue weighted by Gasteiger charge is -2.10. The molecule has 0 aromatic carbocycles. The summed E-state index contributed by atoms with van der Waals surface area (Å²) in [6.07, 6.45) is 8.76. The van der Waals surface area contributed by atoms with Crippen molar-refractivity contribution in [2.24, 2.45) is 0 Å². The van der Waals surface area contributed by atoms with Crippen LogP contribution in [0.4, 0.5) is 5.69 Å². The second-order valence-electron chi connectivity index (χ2n) is 5.43. The van der Waals surface area contributed by atoms with Crippen molar-refractivity contribution in [2.45, 2.75) is 51.9 Å². The minimum Gasteiger partial charge on any atom is -0.464 e. The van der Waals surface area contributed by atoms with E-state index in [1.54, 1.807) is 6.07 Å². The Balaban J connectivity index is 2.48. The second kappa shape index (κ2) is 10.2. The Bertz CT molecular complexity index is 587. The Morgan fingerprint density at radius 3 is 2.48 bits per heavy atom. The van der Waals surface area contributed by atoms with E-state index >= 15 is 0 Å². The highest BCUT2D eigenvalue weighted by Crippen LogP contribution is 2.16. The summed E-state index contributed by atoms with van der Waals surface area (Å²) in [5.41, 5.74) is 0.125. The lowest BCUT2D eigenvalue weighted by atomic mass is 10.1. The van der Waals surface area contributed by atoms with E-state index in [-0.39, 0.29) is 17.1 Å². The van der Waals surface area contributed by atoms with Gasteiger partial charge in [0.1, 0.15) is 0 Å². The Kier molecular flexibility index (Phi) is 8.61. The molecule has 1 aromatic rings. The summed E-state index contributed by atoms with van der Waals surface area (Å²) in [5, 5.41) is 0. The van der Waals surface area contributed by atoms with Gasteiger partial charge in [-0.15, -0.1) is 0 Å². The van der Waals surface area contributed by atoms with E-state index < -0.39 is 16.0 Å². The first-order valence-electron chi connectivity index (χ1n) is 8.04. The molecule has 0 aliphatic heterocycles. The maximum Gasteiger partial charge on any atom is 0.358 e. The molecule has 0 spiro atoms. The highest BCUT2D eigenvalue weighted by molar-refractivity contribution is 7.92. The number of unbranched alkanes of at least 4 members (excludes halogenated alkanes) is 6. The van der Waals surface area contributed by atoms with Crippen molar-refractivity contribution in [3.63, 3.8) is 0 Å². The number of nitrogens with zero attached hydrogens (tertiary/aromatic N) is 1. The van der Waals surface area contributed by atoms with E-state index in [1.807, 2.05) is 0 Å². The van der Waals surface area contributed by atoms with Crippen molar-refractivity contribution in [3.8, 4) is 0 Å². The maximum atomic E-state index is 12.1. The summed E-state index contributed by atoms with van der Waals surface area (Å²) < 4.78 is 31.2. The predicted molar refractivity (Wildman–Crippen MR) is 91.0 cm³/mol. The van der Waals surface area contributed by atoms with Gasteiger partial charge in [-0.05, 0) is 18.6 Å². The normalized spacial score (nSPS) is 11.2. The molecule has 0 saturated carbocycles. The number of anilines is 1. The van der Waals surface area contributed by atoms with Crippen molar-refractivity contribution in [1.29, 1.82) is 0 Å². The van der Waals surface area contributed by atoms with Gasteiger partial charge in [-0.2, -0.15) is 0 Å². The van der Waals surface area contributed by atoms with Gasteiger partial charge in [0.15, 0.2) is 5.69 Å². The van der Waals surface area contributed by atoms with Crippen molar-refractivity contribution >= 4 is 21.7 Å². The molecular formula is C16H26N2O4S. The van der Waals surface area contributed by atoms with Crippen LogP contribution in [-0.4, -0.2) is 32.2 Å². The SMILES string of the molecule is CCCCCCCCCS(=O)(=O)Nc1cccnc1C(=O)OC. The zero-order valence-electron chi connectivity index (χ0n) is 13.9.